The van der Waals surface area contributed by atoms with Crippen LogP contribution in [0, 0.1) is 11.3 Å². The highest BCUT2D eigenvalue weighted by atomic mass is 19.4. The van der Waals surface area contributed by atoms with E-state index in [0.29, 0.717) is 11.8 Å². The molecule has 21 heavy (non-hydrogen) atoms. The molecule has 6 heteroatoms. The third-order valence-corrected chi connectivity index (χ3v) is 3.63. The predicted molar refractivity (Wildman–Crippen MR) is 71.9 cm³/mol. The highest BCUT2D eigenvalue weighted by Gasteiger charge is 2.34. The quantitative estimate of drug-likeness (QED) is 0.857. The van der Waals surface area contributed by atoms with Gasteiger partial charge in [0.05, 0.1) is 17.2 Å². The molecule has 0 aliphatic carbocycles. The van der Waals surface area contributed by atoms with E-state index in [1.54, 1.807) is 6.07 Å². The summed E-state index contributed by atoms with van der Waals surface area (Å²) in [6, 6.07) is 5.35. The van der Waals surface area contributed by atoms with Gasteiger partial charge in [-0.15, -0.1) is 0 Å². The van der Waals surface area contributed by atoms with Gasteiger partial charge in [-0.1, -0.05) is 0 Å². The van der Waals surface area contributed by atoms with E-state index >= 15 is 0 Å². The lowest BCUT2D eigenvalue weighted by atomic mass is 10.1. The molecule has 0 spiro atoms. The van der Waals surface area contributed by atoms with Gasteiger partial charge < -0.3 is 4.74 Å². The summed E-state index contributed by atoms with van der Waals surface area (Å²) in [5, 5.41) is 8.87. The number of alkyl halides is 3. The Morgan fingerprint density at radius 2 is 2.10 bits per heavy atom. The minimum Gasteiger partial charge on any atom is -0.489 e. The lowest BCUT2D eigenvalue weighted by Crippen LogP contribution is -2.30. The zero-order valence-electron chi connectivity index (χ0n) is 11.9. The number of ether oxygens (including phenoxy) is 1. The maximum atomic E-state index is 12.7. The monoisotopic (exact) mass is 298 g/mol. The second-order valence-electron chi connectivity index (χ2n) is 5.43. The Kier molecular flexibility index (Phi) is 4.43. The maximum Gasteiger partial charge on any atom is 0.417 e. The number of hydrogen-bond donors (Lipinski definition) is 0. The van der Waals surface area contributed by atoms with Crippen LogP contribution in [-0.2, 0) is 6.18 Å². The molecular formula is C15H17F3N2O. The molecule has 3 nitrogen and oxygen atoms in total. The molecule has 0 aromatic heterocycles. The van der Waals surface area contributed by atoms with Crippen molar-refractivity contribution >= 4 is 0 Å². The number of halogens is 3. The van der Waals surface area contributed by atoms with Crippen LogP contribution in [0.4, 0.5) is 13.2 Å². The number of likely N-dealkylation sites (tertiary alicyclic amines) is 1. The normalized spacial score (nSPS) is 19.8. The average Bonchev–Trinajstić information content (AvgIpc) is 2.86. The van der Waals surface area contributed by atoms with Crippen LogP contribution in [-0.4, -0.2) is 30.1 Å². The van der Waals surface area contributed by atoms with Gasteiger partial charge in [0, 0.05) is 19.1 Å². The van der Waals surface area contributed by atoms with Crippen LogP contribution >= 0.6 is 0 Å². The van der Waals surface area contributed by atoms with Gasteiger partial charge in [0.15, 0.2) is 0 Å². The first kappa shape index (κ1) is 15.6. The standard InChI is InChI=1S/C15H17F3N2O/c1-10(2)20-6-5-13(9-20)21-12-3-4-14(15(16,17)18)11(7-12)8-19/h3-4,7,10,13H,5-6,9H2,1-2H3. The molecule has 0 radical (unpaired) electrons. The summed E-state index contributed by atoms with van der Waals surface area (Å²) in [5.74, 6) is 0.315. The second-order valence-corrected chi connectivity index (χ2v) is 5.43. The molecule has 1 aromatic carbocycles. The molecule has 0 saturated carbocycles. The van der Waals surface area contributed by atoms with Crippen molar-refractivity contribution in [2.45, 2.75) is 38.6 Å². The third-order valence-electron chi connectivity index (χ3n) is 3.63. The van der Waals surface area contributed by atoms with Crippen LogP contribution in [0.25, 0.3) is 0 Å². The van der Waals surface area contributed by atoms with E-state index in [1.807, 2.05) is 0 Å². The smallest absolute Gasteiger partial charge is 0.417 e. The largest absolute Gasteiger partial charge is 0.489 e. The number of nitrogens with zero attached hydrogens (tertiary/aromatic N) is 2. The first-order valence-corrected chi connectivity index (χ1v) is 6.83. The van der Waals surface area contributed by atoms with Crippen LogP contribution in [0.2, 0.25) is 0 Å². The van der Waals surface area contributed by atoms with Crippen molar-refractivity contribution in [2.24, 2.45) is 0 Å². The van der Waals surface area contributed by atoms with E-state index in [4.69, 9.17) is 10.00 Å². The lowest BCUT2D eigenvalue weighted by Gasteiger charge is -2.20. The minimum absolute atomic E-state index is 0.0457. The van der Waals surface area contributed by atoms with Gasteiger partial charge in [0.2, 0.25) is 0 Å². The van der Waals surface area contributed by atoms with Gasteiger partial charge in [-0.3, -0.25) is 4.90 Å². The zero-order valence-corrected chi connectivity index (χ0v) is 11.9. The topological polar surface area (TPSA) is 36.3 Å². The summed E-state index contributed by atoms with van der Waals surface area (Å²) in [6.45, 7) is 5.84. The van der Waals surface area contributed by atoms with Gasteiger partial charge in [0.25, 0.3) is 0 Å². The average molecular weight is 298 g/mol. The maximum absolute atomic E-state index is 12.7. The summed E-state index contributed by atoms with van der Waals surface area (Å²) in [7, 11) is 0. The van der Waals surface area contributed by atoms with Crippen molar-refractivity contribution in [3.05, 3.63) is 29.3 Å². The molecule has 1 aliphatic heterocycles. The molecule has 0 bridgehead atoms. The fourth-order valence-corrected chi connectivity index (χ4v) is 2.45. The Labute approximate surface area is 121 Å². The molecule has 1 atom stereocenters. The SMILES string of the molecule is CC(C)N1CCC(Oc2ccc(C(F)(F)F)c(C#N)c2)C1. The molecule has 0 N–H and O–H groups in total. The molecule has 114 valence electrons. The number of rotatable bonds is 3. The molecule has 1 fully saturated rings. The Hall–Kier alpha value is -1.74. The zero-order chi connectivity index (χ0) is 15.6. The van der Waals surface area contributed by atoms with Gasteiger partial charge in [-0.25, -0.2) is 0 Å². The molecule has 1 heterocycles. The van der Waals surface area contributed by atoms with Crippen molar-refractivity contribution in [3.63, 3.8) is 0 Å². The van der Waals surface area contributed by atoms with Crippen LogP contribution in [0.5, 0.6) is 5.75 Å². The Bertz CT molecular complexity index is 549. The first-order valence-electron chi connectivity index (χ1n) is 6.83. The van der Waals surface area contributed by atoms with Crippen LogP contribution in [0.15, 0.2) is 18.2 Å². The van der Waals surface area contributed by atoms with E-state index in [-0.39, 0.29) is 6.10 Å². The van der Waals surface area contributed by atoms with Crippen molar-refractivity contribution in [3.8, 4) is 11.8 Å². The fourth-order valence-electron chi connectivity index (χ4n) is 2.45. The van der Waals surface area contributed by atoms with Crippen molar-refractivity contribution < 1.29 is 17.9 Å². The minimum atomic E-state index is -4.52. The molecule has 1 aliphatic rings. The van der Waals surface area contributed by atoms with Crippen molar-refractivity contribution in [1.29, 1.82) is 5.26 Å². The molecule has 1 unspecified atom stereocenters. The van der Waals surface area contributed by atoms with Crippen molar-refractivity contribution in [2.75, 3.05) is 13.1 Å². The second kappa shape index (κ2) is 5.94. The van der Waals surface area contributed by atoms with E-state index < -0.39 is 17.3 Å². The molecule has 1 aromatic rings. The van der Waals surface area contributed by atoms with E-state index in [0.717, 1.165) is 25.6 Å². The first-order chi connectivity index (χ1) is 9.81. The number of benzene rings is 1. The van der Waals surface area contributed by atoms with Crippen LogP contribution < -0.4 is 4.74 Å². The molecular weight excluding hydrogens is 281 g/mol. The summed E-state index contributed by atoms with van der Waals surface area (Å²) >= 11 is 0. The fraction of sp³-hybridized carbons (Fsp3) is 0.533. The number of hydrogen-bond acceptors (Lipinski definition) is 3. The Morgan fingerprint density at radius 1 is 1.38 bits per heavy atom. The molecule has 1 saturated heterocycles. The van der Waals surface area contributed by atoms with Gasteiger partial charge in [0.1, 0.15) is 11.9 Å². The summed E-state index contributed by atoms with van der Waals surface area (Å²) < 4.78 is 43.8. The van der Waals surface area contributed by atoms with Gasteiger partial charge in [-0.2, -0.15) is 18.4 Å². The van der Waals surface area contributed by atoms with Gasteiger partial charge in [-0.05, 0) is 38.5 Å². The third kappa shape index (κ3) is 3.67. The number of nitriles is 1. The summed E-state index contributed by atoms with van der Waals surface area (Å²) in [4.78, 5) is 2.25. The molecule has 0 amide bonds. The summed E-state index contributed by atoms with van der Waals surface area (Å²) in [6.07, 6.45) is -3.73. The Balaban J connectivity index is 2.11. The molecule has 2 rings (SSSR count). The summed E-state index contributed by atoms with van der Waals surface area (Å²) in [5.41, 5.74) is -1.33. The van der Waals surface area contributed by atoms with Crippen LogP contribution in [0.1, 0.15) is 31.4 Å². The van der Waals surface area contributed by atoms with Gasteiger partial charge >= 0.3 is 6.18 Å². The highest BCUT2D eigenvalue weighted by molar-refractivity contribution is 5.44. The lowest BCUT2D eigenvalue weighted by molar-refractivity contribution is -0.137. The van der Waals surface area contributed by atoms with Crippen LogP contribution in [0.3, 0.4) is 0 Å². The Morgan fingerprint density at radius 3 is 2.62 bits per heavy atom. The van der Waals surface area contributed by atoms with E-state index in [2.05, 4.69) is 18.7 Å². The highest BCUT2D eigenvalue weighted by Crippen LogP contribution is 2.34. The van der Waals surface area contributed by atoms with Crippen molar-refractivity contribution in [1.82, 2.24) is 4.90 Å². The van der Waals surface area contributed by atoms with E-state index in [1.165, 1.54) is 12.1 Å². The van der Waals surface area contributed by atoms with E-state index in [9.17, 15) is 13.2 Å². The predicted octanol–water partition coefficient (Wildman–Crippen LogP) is 3.44.